The van der Waals surface area contributed by atoms with Crippen LogP contribution < -0.4 is 10.1 Å². The summed E-state index contributed by atoms with van der Waals surface area (Å²) in [6, 6.07) is 14.2. The maximum absolute atomic E-state index is 12.3. The molecule has 21 heavy (non-hydrogen) atoms. The normalized spacial score (nSPS) is 11.0. The number of nitrogens with one attached hydrogen (secondary N) is 1. The summed E-state index contributed by atoms with van der Waals surface area (Å²) < 4.78 is 40.7. The highest BCUT2D eigenvalue weighted by Gasteiger charge is 2.32. The zero-order chi connectivity index (χ0) is 15.3. The zero-order valence-electron chi connectivity index (χ0n) is 10.9. The fourth-order valence-corrected chi connectivity index (χ4v) is 1.74. The molecule has 0 heterocycles. The van der Waals surface area contributed by atoms with Crippen LogP contribution in [0.1, 0.15) is 10.4 Å². The average Bonchev–Trinajstić information content (AvgIpc) is 2.45. The molecule has 0 radical (unpaired) electrons. The molecule has 2 aromatic carbocycles. The van der Waals surface area contributed by atoms with Crippen LogP contribution in [0.25, 0.3) is 0 Å². The number of carbonyl (C=O) groups is 1. The molecule has 0 saturated carbocycles. The first-order chi connectivity index (χ1) is 9.96. The Morgan fingerprint density at radius 2 is 1.62 bits per heavy atom. The van der Waals surface area contributed by atoms with Gasteiger partial charge in [0.1, 0.15) is 5.75 Å². The van der Waals surface area contributed by atoms with Crippen LogP contribution in [0.4, 0.5) is 18.9 Å². The zero-order valence-corrected chi connectivity index (χ0v) is 10.9. The molecule has 0 aliphatic rings. The largest absolute Gasteiger partial charge is 0.573 e. The lowest BCUT2D eigenvalue weighted by atomic mass is 10.1. The molecule has 6 heteroatoms. The molecule has 1 N–H and O–H groups in total. The van der Waals surface area contributed by atoms with Crippen molar-refractivity contribution in [3.63, 3.8) is 0 Å². The number of ketones is 1. The van der Waals surface area contributed by atoms with Gasteiger partial charge in [0, 0.05) is 5.69 Å². The molecule has 2 rings (SSSR count). The predicted octanol–water partition coefficient (Wildman–Crippen LogP) is 3.88. The summed E-state index contributed by atoms with van der Waals surface area (Å²) in [5.74, 6) is -0.983. The van der Waals surface area contributed by atoms with Gasteiger partial charge in [0.2, 0.25) is 0 Å². The van der Waals surface area contributed by atoms with E-state index in [0.717, 1.165) is 6.07 Å². The van der Waals surface area contributed by atoms with Gasteiger partial charge in [-0.25, -0.2) is 0 Å². The first-order valence-corrected chi connectivity index (χ1v) is 6.12. The molecule has 0 atom stereocenters. The van der Waals surface area contributed by atoms with Crippen LogP contribution in [-0.4, -0.2) is 18.7 Å². The molecule has 0 bridgehead atoms. The van der Waals surface area contributed by atoms with Gasteiger partial charge in [0.05, 0.1) is 12.1 Å². The van der Waals surface area contributed by atoms with Crippen LogP contribution in [0.3, 0.4) is 0 Å². The van der Waals surface area contributed by atoms with Crippen LogP contribution in [0.15, 0.2) is 54.6 Å². The number of carbonyl (C=O) groups excluding carboxylic acids is 1. The number of rotatable bonds is 5. The minimum atomic E-state index is -4.83. The van der Waals surface area contributed by atoms with Crippen LogP contribution in [0, 0.1) is 0 Å². The van der Waals surface area contributed by atoms with Crippen molar-refractivity contribution in [2.24, 2.45) is 0 Å². The van der Waals surface area contributed by atoms with E-state index in [2.05, 4.69) is 10.1 Å². The lowest BCUT2D eigenvalue weighted by Crippen LogP contribution is -2.21. The van der Waals surface area contributed by atoms with E-state index in [-0.39, 0.29) is 12.1 Å². The lowest BCUT2D eigenvalue weighted by Gasteiger charge is -2.13. The summed E-state index contributed by atoms with van der Waals surface area (Å²) >= 11 is 0. The Kier molecular flexibility index (Phi) is 4.47. The highest BCUT2D eigenvalue weighted by atomic mass is 19.4. The summed E-state index contributed by atoms with van der Waals surface area (Å²) in [7, 11) is 0. The van der Waals surface area contributed by atoms with E-state index in [4.69, 9.17) is 0 Å². The van der Waals surface area contributed by atoms with Gasteiger partial charge in [0.15, 0.2) is 5.78 Å². The Morgan fingerprint density at radius 1 is 1.00 bits per heavy atom. The number of alkyl halides is 3. The third-order valence-electron chi connectivity index (χ3n) is 2.64. The van der Waals surface area contributed by atoms with Gasteiger partial charge in [-0.05, 0) is 24.3 Å². The van der Waals surface area contributed by atoms with E-state index in [1.165, 1.54) is 18.2 Å². The molecule has 110 valence electrons. The number of ether oxygens (including phenoxy) is 1. The predicted molar refractivity (Wildman–Crippen MR) is 72.4 cm³/mol. The van der Waals surface area contributed by atoms with Gasteiger partial charge in [-0.15, -0.1) is 13.2 Å². The molecule has 3 nitrogen and oxygen atoms in total. The minimum absolute atomic E-state index is 0.113. The van der Waals surface area contributed by atoms with Gasteiger partial charge in [-0.1, -0.05) is 30.3 Å². The number of anilines is 1. The van der Waals surface area contributed by atoms with Crippen molar-refractivity contribution in [1.82, 2.24) is 0 Å². The molecule has 0 fully saturated rings. The second-order valence-corrected chi connectivity index (χ2v) is 4.19. The highest BCUT2D eigenvalue weighted by molar-refractivity contribution is 6.01. The number of benzene rings is 2. The SMILES string of the molecule is O=C(CNc1ccccc1)c1ccccc1OC(F)(F)F. The minimum Gasteiger partial charge on any atom is -0.405 e. The molecule has 0 spiro atoms. The molecule has 0 saturated heterocycles. The number of hydrogen-bond donors (Lipinski definition) is 1. The van der Waals surface area contributed by atoms with Gasteiger partial charge in [0.25, 0.3) is 0 Å². The smallest absolute Gasteiger partial charge is 0.405 e. The van der Waals surface area contributed by atoms with E-state index in [1.807, 2.05) is 6.07 Å². The van der Waals surface area contributed by atoms with Crippen LogP contribution >= 0.6 is 0 Å². The number of para-hydroxylation sites is 2. The second-order valence-electron chi connectivity index (χ2n) is 4.19. The molecule has 2 aromatic rings. The first kappa shape index (κ1) is 14.9. The fourth-order valence-electron chi connectivity index (χ4n) is 1.74. The van der Waals surface area contributed by atoms with E-state index in [9.17, 15) is 18.0 Å². The van der Waals surface area contributed by atoms with Crippen molar-refractivity contribution in [2.45, 2.75) is 6.36 Å². The van der Waals surface area contributed by atoms with E-state index >= 15 is 0 Å². The molecule has 0 unspecified atom stereocenters. The molecule has 0 aromatic heterocycles. The Morgan fingerprint density at radius 3 is 2.29 bits per heavy atom. The average molecular weight is 295 g/mol. The summed E-state index contributed by atoms with van der Waals surface area (Å²) in [6.07, 6.45) is -4.83. The topological polar surface area (TPSA) is 38.3 Å². The Balaban J connectivity index is 2.09. The summed E-state index contributed by atoms with van der Waals surface area (Å²) in [6.45, 7) is -0.123. The number of Topliss-reactive ketones (excluding diaryl/α,β-unsaturated/α-hetero) is 1. The summed E-state index contributed by atoms with van der Waals surface area (Å²) in [4.78, 5) is 12.0. The van der Waals surface area contributed by atoms with Crippen molar-refractivity contribution < 1.29 is 22.7 Å². The maximum Gasteiger partial charge on any atom is 0.573 e. The lowest BCUT2D eigenvalue weighted by molar-refractivity contribution is -0.274. The van der Waals surface area contributed by atoms with Gasteiger partial charge < -0.3 is 10.1 Å². The standard InChI is InChI=1S/C15H12F3NO2/c16-15(17,18)21-14-9-5-4-8-12(14)13(20)10-19-11-6-2-1-3-7-11/h1-9,19H,10H2. The Bertz CT molecular complexity index is 612. The van der Waals surface area contributed by atoms with E-state index < -0.39 is 17.9 Å². The van der Waals surface area contributed by atoms with Crippen LogP contribution in [-0.2, 0) is 0 Å². The Hall–Kier alpha value is -2.50. The van der Waals surface area contributed by atoms with Crippen molar-refractivity contribution >= 4 is 11.5 Å². The summed E-state index contributed by atoms with van der Waals surface area (Å²) in [5.41, 5.74) is 0.596. The third-order valence-corrected chi connectivity index (χ3v) is 2.64. The highest BCUT2D eigenvalue weighted by Crippen LogP contribution is 2.26. The van der Waals surface area contributed by atoms with Crippen LogP contribution in [0.2, 0.25) is 0 Å². The van der Waals surface area contributed by atoms with Crippen molar-refractivity contribution in [3.8, 4) is 5.75 Å². The van der Waals surface area contributed by atoms with E-state index in [0.29, 0.717) is 5.69 Å². The summed E-state index contributed by atoms with van der Waals surface area (Å²) in [5, 5.41) is 2.85. The third kappa shape index (κ3) is 4.52. The van der Waals surface area contributed by atoms with Gasteiger partial charge in [-0.2, -0.15) is 0 Å². The molecular formula is C15H12F3NO2. The molecule has 0 amide bonds. The van der Waals surface area contributed by atoms with Crippen molar-refractivity contribution in [2.75, 3.05) is 11.9 Å². The molecule has 0 aliphatic heterocycles. The van der Waals surface area contributed by atoms with Gasteiger partial charge in [-0.3, -0.25) is 4.79 Å². The van der Waals surface area contributed by atoms with Crippen molar-refractivity contribution in [1.29, 1.82) is 0 Å². The quantitative estimate of drug-likeness (QED) is 0.851. The molecular weight excluding hydrogens is 283 g/mol. The maximum atomic E-state index is 12.3. The Labute approximate surface area is 119 Å². The first-order valence-electron chi connectivity index (χ1n) is 6.12. The number of hydrogen-bond acceptors (Lipinski definition) is 3. The van der Waals surface area contributed by atoms with Crippen molar-refractivity contribution in [3.05, 3.63) is 60.2 Å². The fraction of sp³-hybridized carbons (Fsp3) is 0.133. The monoisotopic (exact) mass is 295 g/mol. The second kappa shape index (κ2) is 6.30. The van der Waals surface area contributed by atoms with E-state index in [1.54, 1.807) is 24.3 Å². The van der Waals surface area contributed by atoms with Crippen LogP contribution in [0.5, 0.6) is 5.75 Å². The molecule has 0 aliphatic carbocycles. The number of halogens is 3. The van der Waals surface area contributed by atoms with Gasteiger partial charge >= 0.3 is 6.36 Å².